The molecule has 0 fully saturated rings. The molecule has 0 radical (unpaired) electrons. The standard InChI is InChI=1S/C20H22ClN3O2/c1-13-11-16-8-4-6-10-18(16)24(13)20(25)14(2)26-23-19(22)12-15-7-3-5-9-17(15)21/h3-10,13-14H,11-12H2,1-2H3,(H2,22,23)/t13-,14-/m0/s1. The SMILES string of the molecule is C[C@H](O/N=C(\N)Cc1ccccc1Cl)C(=O)N1c2ccccc2C[C@@H]1C. The maximum atomic E-state index is 12.8. The summed E-state index contributed by atoms with van der Waals surface area (Å²) in [6.07, 6.45) is 0.476. The van der Waals surface area contributed by atoms with Crippen molar-refractivity contribution >= 4 is 29.0 Å². The highest BCUT2D eigenvalue weighted by Crippen LogP contribution is 2.32. The van der Waals surface area contributed by atoms with E-state index in [0.29, 0.717) is 11.4 Å². The van der Waals surface area contributed by atoms with Gasteiger partial charge in [-0.1, -0.05) is 53.2 Å². The van der Waals surface area contributed by atoms with Gasteiger partial charge in [0.2, 0.25) is 6.10 Å². The molecule has 2 N–H and O–H groups in total. The van der Waals surface area contributed by atoms with E-state index in [1.54, 1.807) is 17.9 Å². The highest BCUT2D eigenvalue weighted by Gasteiger charge is 2.34. The summed E-state index contributed by atoms with van der Waals surface area (Å²) < 4.78 is 0. The number of rotatable bonds is 5. The van der Waals surface area contributed by atoms with Crippen LogP contribution in [-0.4, -0.2) is 23.9 Å². The molecule has 1 aliphatic heterocycles. The molecule has 1 amide bonds. The van der Waals surface area contributed by atoms with Crippen molar-refractivity contribution in [2.45, 2.75) is 38.8 Å². The van der Waals surface area contributed by atoms with Crippen LogP contribution >= 0.6 is 11.6 Å². The molecule has 5 nitrogen and oxygen atoms in total. The van der Waals surface area contributed by atoms with Gasteiger partial charge >= 0.3 is 0 Å². The molecule has 136 valence electrons. The van der Waals surface area contributed by atoms with Crippen molar-refractivity contribution in [3.8, 4) is 0 Å². The Bertz CT molecular complexity index is 837. The van der Waals surface area contributed by atoms with E-state index in [1.807, 2.05) is 49.4 Å². The van der Waals surface area contributed by atoms with Crippen molar-refractivity contribution < 1.29 is 9.63 Å². The topological polar surface area (TPSA) is 67.9 Å². The van der Waals surface area contributed by atoms with Crippen LogP contribution in [0.2, 0.25) is 5.02 Å². The second-order valence-corrected chi connectivity index (χ2v) is 6.90. The van der Waals surface area contributed by atoms with Crippen LogP contribution in [0.3, 0.4) is 0 Å². The molecule has 2 atom stereocenters. The third-order valence-corrected chi connectivity index (χ3v) is 4.82. The molecule has 0 spiro atoms. The molecule has 1 aliphatic rings. The van der Waals surface area contributed by atoms with E-state index in [2.05, 4.69) is 5.16 Å². The molecule has 1 heterocycles. The summed E-state index contributed by atoms with van der Waals surface area (Å²) in [7, 11) is 0. The van der Waals surface area contributed by atoms with Crippen molar-refractivity contribution in [2.75, 3.05) is 4.90 Å². The highest BCUT2D eigenvalue weighted by molar-refractivity contribution is 6.31. The summed E-state index contributed by atoms with van der Waals surface area (Å²) in [6, 6.07) is 15.4. The molecule has 0 saturated carbocycles. The lowest BCUT2D eigenvalue weighted by Crippen LogP contribution is -2.42. The molecule has 0 aliphatic carbocycles. The number of halogens is 1. The van der Waals surface area contributed by atoms with E-state index < -0.39 is 6.10 Å². The fraction of sp³-hybridized carbons (Fsp3) is 0.300. The zero-order valence-corrected chi connectivity index (χ0v) is 15.6. The van der Waals surface area contributed by atoms with Crippen LogP contribution in [0.4, 0.5) is 5.69 Å². The van der Waals surface area contributed by atoms with Crippen LogP contribution in [-0.2, 0) is 22.5 Å². The zero-order chi connectivity index (χ0) is 18.7. The fourth-order valence-corrected chi connectivity index (χ4v) is 3.36. The summed E-state index contributed by atoms with van der Waals surface area (Å²) >= 11 is 6.12. The number of oxime groups is 1. The Labute approximate surface area is 158 Å². The van der Waals surface area contributed by atoms with Crippen LogP contribution < -0.4 is 10.6 Å². The van der Waals surface area contributed by atoms with Crippen molar-refractivity contribution in [2.24, 2.45) is 10.9 Å². The van der Waals surface area contributed by atoms with E-state index in [-0.39, 0.29) is 17.8 Å². The number of hydrogen-bond acceptors (Lipinski definition) is 3. The average Bonchev–Trinajstić information content (AvgIpc) is 2.96. The molecule has 0 aromatic heterocycles. The predicted molar refractivity (Wildman–Crippen MR) is 104 cm³/mol. The molecular formula is C20H22ClN3O2. The monoisotopic (exact) mass is 371 g/mol. The van der Waals surface area contributed by atoms with E-state index in [0.717, 1.165) is 17.7 Å². The zero-order valence-electron chi connectivity index (χ0n) is 14.9. The normalized spacial score (nSPS) is 17.7. The average molecular weight is 372 g/mol. The van der Waals surface area contributed by atoms with Crippen LogP contribution in [0.15, 0.2) is 53.7 Å². The Balaban J connectivity index is 1.65. The first kappa shape index (κ1) is 18.3. The summed E-state index contributed by atoms with van der Waals surface area (Å²) in [5.41, 5.74) is 8.89. The second kappa shape index (κ2) is 7.79. The van der Waals surface area contributed by atoms with Crippen molar-refractivity contribution in [3.05, 3.63) is 64.7 Å². The van der Waals surface area contributed by atoms with Crippen LogP contribution in [0.25, 0.3) is 0 Å². The van der Waals surface area contributed by atoms with Gasteiger partial charge in [-0.2, -0.15) is 0 Å². The molecule has 0 saturated heterocycles. The maximum Gasteiger partial charge on any atom is 0.270 e. The van der Waals surface area contributed by atoms with Crippen molar-refractivity contribution in [1.82, 2.24) is 0 Å². The van der Waals surface area contributed by atoms with Gasteiger partial charge in [-0.3, -0.25) is 4.79 Å². The van der Waals surface area contributed by atoms with Gasteiger partial charge in [0.05, 0.1) is 0 Å². The van der Waals surface area contributed by atoms with Crippen LogP contribution in [0.5, 0.6) is 0 Å². The van der Waals surface area contributed by atoms with Gasteiger partial charge in [0, 0.05) is 23.2 Å². The fourth-order valence-electron chi connectivity index (χ4n) is 3.16. The summed E-state index contributed by atoms with van der Waals surface area (Å²) in [6.45, 7) is 3.71. The Kier molecular flexibility index (Phi) is 5.47. The van der Waals surface area contributed by atoms with Gasteiger partial charge in [0.1, 0.15) is 5.84 Å². The number of hydrogen-bond donors (Lipinski definition) is 1. The number of para-hydroxylation sites is 1. The number of nitrogens with zero attached hydrogens (tertiary/aromatic N) is 2. The van der Waals surface area contributed by atoms with Gasteiger partial charge in [-0.15, -0.1) is 0 Å². The molecular weight excluding hydrogens is 350 g/mol. The Morgan fingerprint density at radius 1 is 1.31 bits per heavy atom. The first-order valence-corrected chi connectivity index (χ1v) is 8.97. The number of anilines is 1. The quantitative estimate of drug-likeness (QED) is 0.496. The largest absolute Gasteiger partial charge is 0.384 e. The number of amidine groups is 1. The third kappa shape index (κ3) is 3.83. The number of benzene rings is 2. The minimum Gasteiger partial charge on any atom is -0.384 e. The molecule has 6 heteroatoms. The van der Waals surface area contributed by atoms with Crippen LogP contribution in [0, 0.1) is 0 Å². The van der Waals surface area contributed by atoms with Crippen molar-refractivity contribution in [3.63, 3.8) is 0 Å². The Morgan fingerprint density at radius 3 is 2.77 bits per heavy atom. The first-order valence-electron chi connectivity index (χ1n) is 8.60. The van der Waals surface area contributed by atoms with E-state index in [9.17, 15) is 4.79 Å². The first-order chi connectivity index (χ1) is 12.5. The predicted octanol–water partition coefficient (Wildman–Crippen LogP) is 3.54. The Morgan fingerprint density at radius 2 is 2.00 bits per heavy atom. The van der Waals surface area contributed by atoms with E-state index in [1.165, 1.54) is 5.56 Å². The third-order valence-electron chi connectivity index (χ3n) is 4.45. The number of nitrogens with two attached hydrogens (primary N) is 1. The van der Waals surface area contributed by atoms with E-state index >= 15 is 0 Å². The van der Waals surface area contributed by atoms with Crippen molar-refractivity contribution in [1.29, 1.82) is 0 Å². The number of carbonyl (C=O) groups is 1. The molecule has 0 bridgehead atoms. The number of carbonyl (C=O) groups excluding carboxylic acids is 1. The van der Waals surface area contributed by atoms with Gasteiger partial charge in [-0.05, 0) is 43.5 Å². The second-order valence-electron chi connectivity index (χ2n) is 6.49. The van der Waals surface area contributed by atoms with Gasteiger partial charge in [0.25, 0.3) is 5.91 Å². The molecule has 0 unspecified atom stereocenters. The highest BCUT2D eigenvalue weighted by atomic mass is 35.5. The van der Waals surface area contributed by atoms with Gasteiger partial charge in [0.15, 0.2) is 0 Å². The van der Waals surface area contributed by atoms with Gasteiger partial charge in [-0.25, -0.2) is 0 Å². The minimum absolute atomic E-state index is 0.0930. The molecule has 2 aromatic carbocycles. The van der Waals surface area contributed by atoms with E-state index in [4.69, 9.17) is 22.2 Å². The number of amides is 1. The molecule has 26 heavy (non-hydrogen) atoms. The summed E-state index contributed by atoms with van der Waals surface area (Å²) in [4.78, 5) is 20.0. The molecule has 2 aromatic rings. The number of fused-ring (bicyclic) bond motifs is 1. The van der Waals surface area contributed by atoms with Crippen LogP contribution in [0.1, 0.15) is 25.0 Å². The maximum absolute atomic E-state index is 12.8. The summed E-state index contributed by atoms with van der Waals surface area (Å²) in [5.74, 6) is 0.143. The Hall–Kier alpha value is -2.53. The van der Waals surface area contributed by atoms with Gasteiger partial charge < -0.3 is 15.5 Å². The lowest BCUT2D eigenvalue weighted by molar-refractivity contribution is -0.129. The lowest BCUT2D eigenvalue weighted by atomic mass is 10.1. The summed E-state index contributed by atoms with van der Waals surface area (Å²) in [5, 5.41) is 4.54. The molecule has 3 rings (SSSR count). The minimum atomic E-state index is -0.728. The lowest BCUT2D eigenvalue weighted by Gasteiger charge is -2.25. The smallest absolute Gasteiger partial charge is 0.270 e.